The number of aromatic carboxylic acids is 1. The van der Waals surface area contributed by atoms with Gasteiger partial charge >= 0.3 is 5.97 Å². The summed E-state index contributed by atoms with van der Waals surface area (Å²) in [6.07, 6.45) is 0. The number of hydrogen-bond donors (Lipinski definition) is 3. The molecule has 4 nitrogen and oxygen atoms in total. The predicted octanol–water partition coefficient (Wildman–Crippen LogP) is 1.81. The van der Waals surface area contributed by atoms with E-state index in [1.807, 2.05) is 13.8 Å². The van der Waals surface area contributed by atoms with Crippen LogP contribution in [0.3, 0.4) is 0 Å². The number of carbonyl (C=O) groups is 1. The molecule has 1 aromatic carbocycles. The lowest BCUT2D eigenvalue weighted by atomic mass is 10.0. The van der Waals surface area contributed by atoms with Crippen molar-refractivity contribution in [3.05, 3.63) is 29.8 Å². The summed E-state index contributed by atoms with van der Waals surface area (Å²) >= 11 is 0. The zero-order valence-corrected chi connectivity index (χ0v) is 9.47. The molecule has 0 spiro atoms. The van der Waals surface area contributed by atoms with Crippen molar-refractivity contribution in [1.82, 2.24) is 0 Å². The average molecular weight is 223 g/mol. The lowest BCUT2D eigenvalue weighted by molar-refractivity contribution is 0.0698. The maximum atomic E-state index is 11.0. The molecule has 0 aliphatic carbocycles. The fraction of sp³-hybridized carbons (Fsp3) is 0.417. The van der Waals surface area contributed by atoms with Crippen LogP contribution in [0.5, 0.6) is 0 Å². The fourth-order valence-electron chi connectivity index (χ4n) is 1.34. The summed E-state index contributed by atoms with van der Waals surface area (Å²) in [4.78, 5) is 11.0. The molecule has 1 aromatic rings. The molecule has 4 heteroatoms. The lowest BCUT2D eigenvalue weighted by Gasteiger charge is -2.21. The topological polar surface area (TPSA) is 69.6 Å². The van der Waals surface area contributed by atoms with E-state index in [2.05, 4.69) is 5.32 Å². The van der Waals surface area contributed by atoms with E-state index in [0.717, 1.165) is 0 Å². The quantitative estimate of drug-likeness (QED) is 0.712. The molecule has 2 unspecified atom stereocenters. The number of para-hydroxylation sites is 1. The van der Waals surface area contributed by atoms with Crippen molar-refractivity contribution in [2.45, 2.75) is 19.9 Å². The molecule has 0 amide bonds. The summed E-state index contributed by atoms with van der Waals surface area (Å²) in [5, 5.41) is 21.1. The van der Waals surface area contributed by atoms with Gasteiger partial charge in [-0.05, 0) is 25.0 Å². The number of aliphatic hydroxyl groups excluding tert-OH is 1. The molecule has 0 aliphatic rings. The number of hydrogen-bond acceptors (Lipinski definition) is 3. The van der Waals surface area contributed by atoms with Crippen LogP contribution in [0.2, 0.25) is 0 Å². The van der Waals surface area contributed by atoms with Crippen LogP contribution in [0.1, 0.15) is 24.2 Å². The number of benzene rings is 1. The second-order valence-electron chi connectivity index (χ2n) is 3.94. The van der Waals surface area contributed by atoms with Gasteiger partial charge in [0.2, 0.25) is 0 Å². The monoisotopic (exact) mass is 223 g/mol. The number of nitrogens with one attached hydrogen (secondary N) is 1. The van der Waals surface area contributed by atoms with E-state index in [-0.39, 0.29) is 24.1 Å². The molecule has 0 bridgehead atoms. The van der Waals surface area contributed by atoms with Crippen LogP contribution in [0, 0.1) is 5.92 Å². The zero-order valence-electron chi connectivity index (χ0n) is 9.47. The minimum Gasteiger partial charge on any atom is -0.478 e. The van der Waals surface area contributed by atoms with Crippen LogP contribution in [-0.2, 0) is 0 Å². The second kappa shape index (κ2) is 5.51. The number of carboxylic acids is 1. The van der Waals surface area contributed by atoms with E-state index < -0.39 is 5.97 Å². The highest BCUT2D eigenvalue weighted by Gasteiger charge is 2.14. The third-order valence-corrected chi connectivity index (χ3v) is 2.68. The van der Waals surface area contributed by atoms with Gasteiger partial charge in [-0.15, -0.1) is 0 Å². The smallest absolute Gasteiger partial charge is 0.337 e. The van der Waals surface area contributed by atoms with Gasteiger partial charge in [-0.1, -0.05) is 19.1 Å². The minimum atomic E-state index is -0.952. The fourth-order valence-corrected chi connectivity index (χ4v) is 1.34. The summed E-state index contributed by atoms with van der Waals surface area (Å²) in [6.45, 7) is 3.89. The van der Waals surface area contributed by atoms with Gasteiger partial charge < -0.3 is 15.5 Å². The first-order valence-corrected chi connectivity index (χ1v) is 5.26. The molecular formula is C12H17NO3. The van der Waals surface area contributed by atoms with Crippen LogP contribution in [0.25, 0.3) is 0 Å². The van der Waals surface area contributed by atoms with E-state index in [9.17, 15) is 4.79 Å². The van der Waals surface area contributed by atoms with Crippen molar-refractivity contribution in [3.8, 4) is 0 Å². The van der Waals surface area contributed by atoms with Gasteiger partial charge in [-0.2, -0.15) is 0 Å². The maximum Gasteiger partial charge on any atom is 0.337 e. The highest BCUT2D eigenvalue weighted by Crippen LogP contribution is 2.18. The van der Waals surface area contributed by atoms with Crippen molar-refractivity contribution in [3.63, 3.8) is 0 Å². The SMILES string of the molecule is CC(CO)C(C)Nc1ccccc1C(=O)O. The van der Waals surface area contributed by atoms with Crippen LogP contribution >= 0.6 is 0 Å². The summed E-state index contributed by atoms with van der Waals surface area (Å²) in [6, 6.07) is 6.77. The van der Waals surface area contributed by atoms with Crippen molar-refractivity contribution in [2.24, 2.45) is 5.92 Å². The Morgan fingerprint density at radius 2 is 2.00 bits per heavy atom. The molecule has 0 heterocycles. The van der Waals surface area contributed by atoms with Crippen LogP contribution in [0.15, 0.2) is 24.3 Å². The van der Waals surface area contributed by atoms with Gasteiger partial charge in [-0.3, -0.25) is 0 Å². The van der Waals surface area contributed by atoms with E-state index in [1.54, 1.807) is 24.3 Å². The van der Waals surface area contributed by atoms with Crippen LogP contribution in [-0.4, -0.2) is 28.8 Å². The van der Waals surface area contributed by atoms with E-state index >= 15 is 0 Å². The average Bonchev–Trinajstić information content (AvgIpc) is 2.28. The summed E-state index contributed by atoms with van der Waals surface area (Å²) < 4.78 is 0. The van der Waals surface area contributed by atoms with Crippen LogP contribution < -0.4 is 5.32 Å². The molecule has 0 saturated carbocycles. The Morgan fingerprint density at radius 3 is 2.56 bits per heavy atom. The Kier molecular flexibility index (Phi) is 4.31. The summed E-state index contributed by atoms with van der Waals surface area (Å²) in [7, 11) is 0. The molecule has 0 saturated heterocycles. The Labute approximate surface area is 94.9 Å². The maximum absolute atomic E-state index is 11.0. The zero-order chi connectivity index (χ0) is 12.1. The van der Waals surface area contributed by atoms with E-state index in [1.165, 1.54) is 0 Å². The van der Waals surface area contributed by atoms with Crippen molar-refractivity contribution < 1.29 is 15.0 Å². The molecule has 0 aliphatic heterocycles. The molecule has 0 fully saturated rings. The van der Waals surface area contributed by atoms with Gasteiger partial charge in [-0.25, -0.2) is 4.79 Å². The largest absolute Gasteiger partial charge is 0.478 e. The Bertz CT molecular complexity index is 365. The van der Waals surface area contributed by atoms with Gasteiger partial charge in [0.15, 0.2) is 0 Å². The highest BCUT2D eigenvalue weighted by molar-refractivity contribution is 5.94. The van der Waals surface area contributed by atoms with Gasteiger partial charge in [0.1, 0.15) is 0 Å². The Hall–Kier alpha value is -1.55. The molecule has 2 atom stereocenters. The Balaban J connectivity index is 2.84. The molecular weight excluding hydrogens is 206 g/mol. The Morgan fingerprint density at radius 1 is 1.38 bits per heavy atom. The summed E-state index contributed by atoms with van der Waals surface area (Å²) in [5.41, 5.74) is 0.835. The standard InChI is InChI=1S/C12H17NO3/c1-8(7-14)9(2)13-11-6-4-3-5-10(11)12(15)16/h3-6,8-9,13-14H,7H2,1-2H3,(H,15,16). The number of rotatable bonds is 5. The van der Waals surface area contributed by atoms with Crippen molar-refractivity contribution >= 4 is 11.7 Å². The molecule has 88 valence electrons. The molecule has 0 aromatic heterocycles. The number of carboxylic acid groups (broad SMARTS) is 1. The van der Waals surface area contributed by atoms with Crippen molar-refractivity contribution in [1.29, 1.82) is 0 Å². The first-order valence-electron chi connectivity index (χ1n) is 5.26. The number of anilines is 1. The molecule has 3 N–H and O–H groups in total. The predicted molar refractivity (Wildman–Crippen MR) is 62.7 cm³/mol. The normalized spacial score (nSPS) is 14.2. The molecule has 1 rings (SSSR count). The van der Waals surface area contributed by atoms with Crippen molar-refractivity contribution in [2.75, 3.05) is 11.9 Å². The lowest BCUT2D eigenvalue weighted by Crippen LogP contribution is -2.27. The first kappa shape index (κ1) is 12.5. The van der Waals surface area contributed by atoms with Gasteiger partial charge in [0, 0.05) is 18.3 Å². The van der Waals surface area contributed by atoms with Gasteiger partial charge in [0.05, 0.1) is 5.56 Å². The second-order valence-corrected chi connectivity index (χ2v) is 3.94. The van der Waals surface area contributed by atoms with Gasteiger partial charge in [0.25, 0.3) is 0 Å². The minimum absolute atomic E-state index is 0.0190. The van der Waals surface area contributed by atoms with E-state index in [4.69, 9.17) is 10.2 Å². The third kappa shape index (κ3) is 2.97. The highest BCUT2D eigenvalue weighted by atomic mass is 16.4. The molecule has 0 radical (unpaired) electrons. The van der Waals surface area contributed by atoms with E-state index in [0.29, 0.717) is 5.69 Å². The van der Waals surface area contributed by atoms with Crippen LogP contribution in [0.4, 0.5) is 5.69 Å². The third-order valence-electron chi connectivity index (χ3n) is 2.68. The molecule has 16 heavy (non-hydrogen) atoms. The number of aliphatic hydroxyl groups is 1. The first-order chi connectivity index (χ1) is 7.56. The summed E-state index contributed by atoms with van der Waals surface area (Å²) in [5.74, 6) is -0.881.